The van der Waals surface area contributed by atoms with Crippen molar-refractivity contribution in [2.75, 3.05) is 0 Å². The van der Waals surface area contributed by atoms with Gasteiger partial charge in [0, 0.05) is 18.2 Å². The lowest BCUT2D eigenvalue weighted by Gasteiger charge is -2.23. The Bertz CT molecular complexity index is 623. The number of halogens is 1. The number of ether oxygens (including phenoxy) is 1. The largest absolute Gasteiger partial charge is 0.489 e. The van der Waals surface area contributed by atoms with Gasteiger partial charge < -0.3 is 10.1 Å². The van der Waals surface area contributed by atoms with Gasteiger partial charge in [-0.3, -0.25) is 0 Å². The third kappa shape index (κ3) is 4.80. The molecule has 0 saturated heterocycles. The zero-order valence-electron chi connectivity index (χ0n) is 13.4. The van der Waals surface area contributed by atoms with Gasteiger partial charge in [-0.2, -0.15) is 0 Å². The summed E-state index contributed by atoms with van der Waals surface area (Å²) >= 11 is 0. The van der Waals surface area contributed by atoms with Crippen molar-refractivity contribution in [1.29, 1.82) is 0 Å². The maximum Gasteiger partial charge on any atom is 0.129 e. The van der Waals surface area contributed by atoms with E-state index in [1.165, 1.54) is 43.7 Å². The van der Waals surface area contributed by atoms with Crippen LogP contribution in [0.25, 0.3) is 0 Å². The van der Waals surface area contributed by atoms with Gasteiger partial charge in [-0.15, -0.1) is 0 Å². The molecule has 0 radical (unpaired) electrons. The molecular formula is C20H24FNO. The first-order valence-corrected chi connectivity index (χ1v) is 8.50. The highest BCUT2D eigenvalue weighted by atomic mass is 19.1. The Kier molecular flexibility index (Phi) is 5.65. The zero-order chi connectivity index (χ0) is 15.9. The number of nitrogens with one attached hydrogen (secondary N) is 1. The molecule has 0 amide bonds. The molecule has 1 aliphatic rings. The molecule has 1 saturated carbocycles. The highest BCUT2D eigenvalue weighted by molar-refractivity contribution is 5.29. The number of rotatable bonds is 6. The van der Waals surface area contributed by atoms with Gasteiger partial charge in [0.15, 0.2) is 0 Å². The molecule has 1 N–H and O–H groups in total. The van der Waals surface area contributed by atoms with Gasteiger partial charge in [-0.05, 0) is 36.6 Å². The molecule has 0 aromatic heterocycles. The average molecular weight is 313 g/mol. The summed E-state index contributed by atoms with van der Waals surface area (Å²) in [5.74, 6) is 0.568. The van der Waals surface area contributed by atoms with Crippen LogP contribution in [0.5, 0.6) is 5.75 Å². The summed E-state index contributed by atoms with van der Waals surface area (Å²) in [4.78, 5) is 0. The summed E-state index contributed by atoms with van der Waals surface area (Å²) < 4.78 is 19.3. The Morgan fingerprint density at radius 3 is 2.65 bits per heavy atom. The van der Waals surface area contributed by atoms with Crippen molar-refractivity contribution in [1.82, 2.24) is 5.32 Å². The highest BCUT2D eigenvalue weighted by Gasteiger charge is 2.12. The average Bonchev–Trinajstić information content (AvgIpc) is 2.61. The molecule has 3 rings (SSSR count). The first-order valence-electron chi connectivity index (χ1n) is 8.50. The van der Waals surface area contributed by atoms with E-state index >= 15 is 0 Å². The number of benzene rings is 2. The lowest BCUT2D eigenvalue weighted by Crippen LogP contribution is -2.30. The van der Waals surface area contributed by atoms with Crippen molar-refractivity contribution in [2.45, 2.75) is 51.3 Å². The van der Waals surface area contributed by atoms with Gasteiger partial charge in [0.2, 0.25) is 0 Å². The molecule has 0 bridgehead atoms. The molecule has 3 heteroatoms. The van der Waals surface area contributed by atoms with Crippen molar-refractivity contribution in [3.05, 3.63) is 65.5 Å². The first kappa shape index (κ1) is 16.0. The predicted molar refractivity (Wildman–Crippen MR) is 90.9 cm³/mol. The quantitative estimate of drug-likeness (QED) is 0.825. The van der Waals surface area contributed by atoms with E-state index in [0.717, 1.165) is 12.3 Å². The van der Waals surface area contributed by atoms with Crippen LogP contribution in [0.15, 0.2) is 48.5 Å². The van der Waals surface area contributed by atoms with Crippen LogP contribution in [-0.2, 0) is 13.2 Å². The van der Waals surface area contributed by atoms with Crippen molar-refractivity contribution in [2.24, 2.45) is 0 Å². The molecule has 2 aromatic rings. The van der Waals surface area contributed by atoms with E-state index in [9.17, 15) is 4.39 Å². The van der Waals surface area contributed by atoms with E-state index in [-0.39, 0.29) is 12.4 Å². The van der Waals surface area contributed by atoms with Crippen molar-refractivity contribution < 1.29 is 9.13 Å². The number of hydrogen-bond acceptors (Lipinski definition) is 2. The number of hydrogen-bond donors (Lipinski definition) is 1. The molecular weight excluding hydrogens is 289 g/mol. The van der Waals surface area contributed by atoms with E-state index < -0.39 is 0 Å². The summed E-state index contributed by atoms with van der Waals surface area (Å²) in [7, 11) is 0. The highest BCUT2D eigenvalue weighted by Crippen LogP contribution is 2.19. The molecule has 2 aromatic carbocycles. The fraction of sp³-hybridized carbons (Fsp3) is 0.400. The summed E-state index contributed by atoms with van der Waals surface area (Å²) in [6, 6.07) is 15.4. The van der Waals surface area contributed by atoms with Gasteiger partial charge in [-0.1, -0.05) is 49.6 Å². The second-order valence-electron chi connectivity index (χ2n) is 6.24. The molecule has 0 aliphatic heterocycles. The normalized spacial score (nSPS) is 15.5. The van der Waals surface area contributed by atoms with Crippen LogP contribution in [-0.4, -0.2) is 6.04 Å². The topological polar surface area (TPSA) is 21.3 Å². The molecule has 0 spiro atoms. The van der Waals surface area contributed by atoms with E-state index in [4.69, 9.17) is 4.74 Å². The molecule has 1 aliphatic carbocycles. The monoisotopic (exact) mass is 313 g/mol. The standard InChI is InChI=1S/C20H24FNO/c21-20-12-5-4-8-17(20)15-23-19-11-6-7-16(13-19)14-22-18-9-2-1-3-10-18/h4-8,11-13,18,22H,1-3,9-10,14-15H2. The third-order valence-electron chi connectivity index (χ3n) is 4.45. The van der Waals surface area contributed by atoms with Gasteiger partial charge >= 0.3 is 0 Å². The second kappa shape index (κ2) is 8.11. The van der Waals surface area contributed by atoms with Gasteiger partial charge in [0.05, 0.1) is 0 Å². The van der Waals surface area contributed by atoms with E-state index in [0.29, 0.717) is 11.6 Å². The summed E-state index contributed by atoms with van der Waals surface area (Å²) in [5, 5.41) is 3.63. The van der Waals surface area contributed by atoms with E-state index in [1.807, 2.05) is 24.3 Å². The van der Waals surface area contributed by atoms with Crippen molar-refractivity contribution in [3.63, 3.8) is 0 Å². The fourth-order valence-electron chi connectivity index (χ4n) is 3.09. The summed E-state index contributed by atoms with van der Waals surface area (Å²) in [6.07, 6.45) is 6.61. The molecule has 2 nitrogen and oxygen atoms in total. The van der Waals surface area contributed by atoms with Gasteiger partial charge in [0.25, 0.3) is 0 Å². The maximum absolute atomic E-state index is 13.6. The van der Waals surface area contributed by atoms with E-state index in [1.54, 1.807) is 12.1 Å². The van der Waals surface area contributed by atoms with Crippen molar-refractivity contribution in [3.8, 4) is 5.75 Å². The minimum Gasteiger partial charge on any atom is -0.489 e. The second-order valence-corrected chi connectivity index (χ2v) is 6.24. The zero-order valence-corrected chi connectivity index (χ0v) is 13.4. The van der Waals surface area contributed by atoms with Gasteiger partial charge in [0.1, 0.15) is 18.2 Å². The first-order chi connectivity index (χ1) is 11.3. The summed E-state index contributed by atoms with van der Waals surface area (Å²) in [6.45, 7) is 1.12. The molecule has 0 unspecified atom stereocenters. The molecule has 1 fully saturated rings. The van der Waals surface area contributed by atoms with Crippen LogP contribution >= 0.6 is 0 Å². The fourth-order valence-corrected chi connectivity index (χ4v) is 3.09. The Balaban J connectivity index is 1.53. The van der Waals surface area contributed by atoms with Crippen LogP contribution < -0.4 is 10.1 Å². The minimum atomic E-state index is -0.220. The minimum absolute atomic E-state index is 0.220. The lowest BCUT2D eigenvalue weighted by molar-refractivity contribution is 0.299. The molecule has 23 heavy (non-hydrogen) atoms. The summed E-state index contributed by atoms with van der Waals surface area (Å²) in [5.41, 5.74) is 1.79. The van der Waals surface area contributed by atoms with Crippen LogP contribution in [0.1, 0.15) is 43.2 Å². The maximum atomic E-state index is 13.6. The van der Waals surface area contributed by atoms with E-state index in [2.05, 4.69) is 11.4 Å². The SMILES string of the molecule is Fc1ccccc1COc1cccc(CNC2CCCCC2)c1. The Hall–Kier alpha value is -1.87. The Morgan fingerprint density at radius 1 is 1.00 bits per heavy atom. The Morgan fingerprint density at radius 2 is 1.83 bits per heavy atom. The Labute approximate surface area is 137 Å². The van der Waals surface area contributed by atoms with Crippen LogP contribution in [0.4, 0.5) is 4.39 Å². The lowest BCUT2D eigenvalue weighted by atomic mass is 9.95. The third-order valence-corrected chi connectivity index (χ3v) is 4.45. The molecule has 0 heterocycles. The van der Waals surface area contributed by atoms with Crippen LogP contribution in [0, 0.1) is 5.82 Å². The predicted octanol–water partition coefficient (Wildman–Crippen LogP) is 4.83. The molecule has 0 atom stereocenters. The smallest absolute Gasteiger partial charge is 0.129 e. The molecule has 122 valence electrons. The van der Waals surface area contributed by atoms with Crippen LogP contribution in [0.3, 0.4) is 0 Å². The van der Waals surface area contributed by atoms with Crippen molar-refractivity contribution >= 4 is 0 Å². The van der Waals surface area contributed by atoms with Crippen LogP contribution in [0.2, 0.25) is 0 Å². The van der Waals surface area contributed by atoms with Gasteiger partial charge in [-0.25, -0.2) is 4.39 Å².